The van der Waals surface area contributed by atoms with Gasteiger partial charge in [0.05, 0.1) is 0 Å². The van der Waals surface area contributed by atoms with Gasteiger partial charge < -0.3 is 10.6 Å². The van der Waals surface area contributed by atoms with Gasteiger partial charge in [0.25, 0.3) is 0 Å². The molecule has 9 heteroatoms. The van der Waals surface area contributed by atoms with Crippen molar-refractivity contribution < 1.29 is 31.1 Å². The number of urea groups is 1. The number of amides is 2. The molecule has 1 aliphatic heterocycles. The Kier molecular flexibility index (Phi) is 1.70. The molecule has 0 spiro atoms. The molecule has 1 fully saturated rings. The fraction of sp³-hybridized carbons (Fsp3) is 0.571. The van der Waals surface area contributed by atoms with E-state index in [2.05, 4.69) is 0 Å². The van der Waals surface area contributed by atoms with E-state index in [4.69, 9.17) is 0 Å². The van der Waals surface area contributed by atoms with Crippen LogP contribution in [0.2, 0.25) is 0 Å². The van der Waals surface area contributed by atoms with Crippen molar-refractivity contribution in [2.75, 3.05) is 0 Å². The van der Waals surface area contributed by atoms with Crippen LogP contribution in [-0.4, -0.2) is 29.5 Å². The molecule has 2 atom stereocenters. The first kappa shape index (κ1) is 11.1. The summed E-state index contributed by atoms with van der Waals surface area (Å²) in [5.74, 6) is 0. The van der Waals surface area contributed by atoms with E-state index in [0.717, 1.165) is 0 Å². The number of carbonyl (C=O) groups excluding carboxylic acids is 1. The average Bonchev–Trinajstić information content (AvgIpc) is 2.22. The van der Waals surface area contributed by atoms with Gasteiger partial charge in [-0.25, -0.2) is 4.79 Å². The Morgan fingerprint density at radius 2 is 1.19 bits per heavy atom. The quantitative estimate of drug-likeness (QED) is 0.493. The molecule has 3 nitrogen and oxygen atoms in total. The second kappa shape index (κ2) is 2.46. The minimum atomic E-state index is -5.23. The van der Waals surface area contributed by atoms with Crippen LogP contribution in [0.15, 0.2) is 12.2 Å². The number of hydrogen-bond acceptors (Lipinski definition) is 1. The monoisotopic (exact) mass is 246 g/mol. The number of hydrogen-bond donors (Lipinski definition) is 2. The van der Waals surface area contributed by atoms with Crippen LogP contribution in [0.5, 0.6) is 0 Å². The molecule has 2 aliphatic rings. The normalized spacial score (nSPS) is 37.5. The number of nitrogens with one attached hydrogen (secondary N) is 2. The smallest absolute Gasteiger partial charge is 0.318 e. The van der Waals surface area contributed by atoms with Crippen LogP contribution < -0.4 is 10.6 Å². The molecule has 2 N–H and O–H groups in total. The van der Waals surface area contributed by atoms with Crippen LogP contribution >= 0.6 is 0 Å². The lowest BCUT2D eigenvalue weighted by Gasteiger charge is -2.48. The van der Waals surface area contributed by atoms with Gasteiger partial charge in [0.1, 0.15) is 0 Å². The molecule has 90 valence electrons. The average molecular weight is 246 g/mol. The SMILES string of the molecule is O=C1NC2(C(F)(F)F)C=CC2(C(F)(F)F)N1. The van der Waals surface area contributed by atoms with Crippen molar-refractivity contribution in [2.24, 2.45) is 0 Å². The first-order valence-corrected chi connectivity index (χ1v) is 4.00. The van der Waals surface area contributed by atoms with Gasteiger partial charge in [-0.3, -0.25) is 0 Å². The lowest BCUT2D eigenvalue weighted by molar-refractivity contribution is -0.259. The zero-order chi connectivity index (χ0) is 12.4. The van der Waals surface area contributed by atoms with E-state index in [-0.39, 0.29) is 0 Å². The van der Waals surface area contributed by atoms with Crippen molar-refractivity contribution in [2.45, 2.75) is 23.4 Å². The molecule has 0 radical (unpaired) electrons. The fourth-order valence-corrected chi connectivity index (χ4v) is 1.86. The molecule has 0 bridgehead atoms. The predicted molar refractivity (Wildman–Crippen MR) is 38.4 cm³/mol. The number of fused-ring (bicyclic) bond motifs is 1. The van der Waals surface area contributed by atoms with E-state index < -0.39 is 29.5 Å². The summed E-state index contributed by atoms with van der Waals surface area (Å²) in [5.41, 5.74) is -6.79. The Bertz CT molecular complexity index is 351. The molecule has 2 unspecified atom stereocenters. The molecule has 1 aliphatic carbocycles. The summed E-state index contributed by atoms with van der Waals surface area (Å²) < 4.78 is 75.5. The van der Waals surface area contributed by atoms with E-state index in [9.17, 15) is 31.1 Å². The Hall–Kier alpha value is -1.41. The molecule has 0 aromatic heterocycles. The number of alkyl halides is 6. The van der Waals surface area contributed by atoms with E-state index >= 15 is 0 Å². The molecule has 0 aromatic carbocycles. The predicted octanol–water partition coefficient (Wildman–Crippen LogP) is 1.47. The summed E-state index contributed by atoms with van der Waals surface area (Å²) in [6.45, 7) is 0. The topological polar surface area (TPSA) is 41.1 Å². The maximum Gasteiger partial charge on any atom is 0.418 e. The second-order valence-electron chi connectivity index (χ2n) is 3.52. The Labute approximate surface area is 84.5 Å². The number of halogens is 6. The van der Waals surface area contributed by atoms with Gasteiger partial charge in [0, 0.05) is 0 Å². The van der Waals surface area contributed by atoms with Gasteiger partial charge >= 0.3 is 18.4 Å². The minimum absolute atomic E-state index is 0.290. The summed E-state index contributed by atoms with van der Waals surface area (Å²) in [6, 6.07) is -1.50. The highest BCUT2D eigenvalue weighted by Crippen LogP contribution is 2.55. The van der Waals surface area contributed by atoms with Crippen molar-refractivity contribution in [3.63, 3.8) is 0 Å². The van der Waals surface area contributed by atoms with Gasteiger partial charge in [0.15, 0.2) is 11.1 Å². The largest absolute Gasteiger partial charge is 0.418 e. The van der Waals surface area contributed by atoms with Crippen molar-refractivity contribution in [1.29, 1.82) is 0 Å². The summed E-state index contributed by atoms with van der Waals surface area (Å²) >= 11 is 0. The van der Waals surface area contributed by atoms with Crippen LogP contribution in [0.3, 0.4) is 0 Å². The van der Waals surface area contributed by atoms with E-state index in [1.54, 1.807) is 0 Å². The van der Waals surface area contributed by atoms with Gasteiger partial charge in [-0.1, -0.05) is 0 Å². The number of rotatable bonds is 0. The van der Waals surface area contributed by atoms with E-state index in [1.165, 1.54) is 10.6 Å². The highest BCUT2D eigenvalue weighted by molar-refractivity contribution is 5.84. The summed E-state index contributed by atoms with van der Waals surface area (Å²) in [7, 11) is 0. The zero-order valence-corrected chi connectivity index (χ0v) is 7.33. The summed E-state index contributed by atoms with van der Waals surface area (Å²) in [5, 5.41) is 2.54. The fourth-order valence-electron chi connectivity index (χ4n) is 1.86. The van der Waals surface area contributed by atoms with Crippen LogP contribution in [0.25, 0.3) is 0 Å². The van der Waals surface area contributed by atoms with Crippen LogP contribution in [-0.2, 0) is 0 Å². The molecule has 0 saturated carbocycles. The summed E-state index contributed by atoms with van der Waals surface area (Å²) in [4.78, 5) is 10.7. The molecule has 1 heterocycles. The first-order valence-electron chi connectivity index (χ1n) is 4.00. The molecule has 2 amide bonds. The van der Waals surface area contributed by atoms with Crippen LogP contribution in [0.4, 0.5) is 31.1 Å². The molecule has 16 heavy (non-hydrogen) atoms. The van der Waals surface area contributed by atoms with Crippen molar-refractivity contribution >= 4 is 6.03 Å². The maximum atomic E-state index is 12.6. The van der Waals surface area contributed by atoms with Crippen molar-refractivity contribution in [3.05, 3.63) is 12.2 Å². The number of carbonyl (C=O) groups is 1. The zero-order valence-electron chi connectivity index (χ0n) is 7.33. The molecule has 2 rings (SSSR count). The van der Waals surface area contributed by atoms with Gasteiger partial charge in [-0.05, 0) is 12.2 Å². The van der Waals surface area contributed by atoms with Gasteiger partial charge in [0.2, 0.25) is 0 Å². The lowest BCUT2D eigenvalue weighted by atomic mass is 9.67. The van der Waals surface area contributed by atoms with Crippen LogP contribution in [0, 0.1) is 0 Å². The third kappa shape index (κ3) is 0.932. The standard InChI is InChI=1S/C7H4F6N2O/c8-6(9,10)4-1-2-5(4,7(11,12)13)15-3(16)14-4/h1-2H,(H2,14,15,16). The Morgan fingerprint density at radius 1 is 0.875 bits per heavy atom. The van der Waals surface area contributed by atoms with Gasteiger partial charge in [-0.2, -0.15) is 26.3 Å². The molecule has 0 aromatic rings. The highest BCUT2D eigenvalue weighted by atomic mass is 19.4. The summed E-state index contributed by atoms with van der Waals surface area (Å²) in [6.07, 6.45) is -9.87. The van der Waals surface area contributed by atoms with E-state index in [1.807, 2.05) is 0 Å². The highest BCUT2D eigenvalue weighted by Gasteiger charge is 2.82. The van der Waals surface area contributed by atoms with Crippen molar-refractivity contribution in [1.82, 2.24) is 10.6 Å². The van der Waals surface area contributed by atoms with Gasteiger partial charge in [-0.15, -0.1) is 0 Å². The third-order valence-corrected chi connectivity index (χ3v) is 2.72. The molecular formula is C7H4F6N2O. The third-order valence-electron chi connectivity index (χ3n) is 2.72. The van der Waals surface area contributed by atoms with E-state index in [0.29, 0.717) is 12.2 Å². The first-order chi connectivity index (χ1) is 7.06. The maximum absolute atomic E-state index is 12.6. The molecular weight excluding hydrogens is 242 g/mol. The Balaban J connectivity index is 2.56. The second-order valence-corrected chi connectivity index (χ2v) is 3.52. The molecule has 1 saturated heterocycles. The minimum Gasteiger partial charge on any atom is -0.318 e. The van der Waals surface area contributed by atoms with Crippen molar-refractivity contribution in [3.8, 4) is 0 Å². The Morgan fingerprint density at radius 3 is 1.38 bits per heavy atom. The lowest BCUT2D eigenvalue weighted by Crippen LogP contribution is -2.76. The van der Waals surface area contributed by atoms with Crippen LogP contribution in [0.1, 0.15) is 0 Å².